The number of para-hydroxylation sites is 1. The molecule has 0 bridgehead atoms. The summed E-state index contributed by atoms with van der Waals surface area (Å²) < 4.78 is 0. The number of hydrogen-bond acceptors (Lipinski definition) is 1. The van der Waals surface area contributed by atoms with Gasteiger partial charge in [-0.2, -0.15) is 0 Å². The van der Waals surface area contributed by atoms with Gasteiger partial charge in [0.15, 0.2) is 0 Å². The molecule has 0 radical (unpaired) electrons. The molecule has 0 atom stereocenters. The number of rotatable bonds is 4. The fourth-order valence-electron chi connectivity index (χ4n) is 3.94. The Morgan fingerprint density at radius 2 is 1.50 bits per heavy atom. The van der Waals surface area contributed by atoms with Gasteiger partial charge in [0.1, 0.15) is 0 Å². The fourth-order valence-corrected chi connectivity index (χ4v) is 3.94. The molecule has 0 aliphatic carbocycles. The molecule has 0 unspecified atom stereocenters. The summed E-state index contributed by atoms with van der Waals surface area (Å²) in [7, 11) is 0. The van der Waals surface area contributed by atoms with Gasteiger partial charge in [-0.25, -0.2) is 0 Å². The number of hydrogen-bond donors (Lipinski definition) is 1. The molecular weight excluding hydrogens is 292 g/mol. The molecule has 1 aliphatic heterocycles. The lowest BCUT2D eigenvalue weighted by atomic mass is 10.0. The number of nitrogens with zero attached hydrogens (tertiary/aromatic N) is 1. The molecule has 1 N–H and O–H groups in total. The van der Waals surface area contributed by atoms with Crippen LogP contribution in [0.2, 0.25) is 0 Å². The van der Waals surface area contributed by atoms with Crippen molar-refractivity contribution in [3.05, 3.63) is 60.2 Å². The average Bonchev–Trinajstić information content (AvgIpc) is 2.80. The number of nitrogens with one attached hydrogen (secondary N) is 1. The molecule has 0 amide bonds. The highest BCUT2D eigenvalue weighted by Crippen LogP contribution is 2.30. The highest BCUT2D eigenvalue weighted by Gasteiger charge is 2.15. The molecule has 24 heavy (non-hydrogen) atoms. The van der Waals surface area contributed by atoms with E-state index in [4.69, 9.17) is 0 Å². The zero-order valence-electron chi connectivity index (χ0n) is 14.3. The second-order valence-corrected chi connectivity index (χ2v) is 6.90. The lowest BCUT2D eigenvalue weighted by Gasteiger charge is -2.19. The Bertz CT molecular complexity index is 780. The van der Waals surface area contributed by atoms with Crippen LogP contribution in [0.15, 0.2) is 54.6 Å². The average molecular weight is 318 g/mol. The summed E-state index contributed by atoms with van der Waals surface area (Å²) in [4.78, 5) is 6.32. The minimum Gasteiger partial charge on any atom is -0.354 e. The van der Waals surface area contributed by atoms with Gasteiger partial charge in [-0.3, -0.25) is 0 Å². The van der Waals surface area contributed by atoms with Crippen LogP contribution in [0.1, 0.15) is 31.2 Å². The van der Waals surface area contributed by atoms with Gasteiger partial charge in [-0.1, -0.05) is 61.4 Å². The van der Waals surface area contributed by atoms with Gasteiger partial charge < -0.3 is 9.88 Å². The van der Waals surface area contributed by atoms with E-state index in [0.29, 0.717) is 0 Å². The third-order valence-electron chi connectivity index (χ3n) is 5.25. The first-order chi connectivity index (χ1) is 11.9. The van der Waals surface area contributed by atoms with E-state index >= 15 is 0 Å². The van der Waals surface area contributed by atoms with Crippen LogP contribution in [0.25, 0.3) is 22.2 Å². The van der Waals surface area contributed by atoms with Crippen molar-refractivity contribution in [2.45, 2.75) is 32.1 Å². The van der Waals surface area contributed by atoms with Crippen molar-refractivity contribution in [3.8, 4) is 11.3 Å². The van der Waals surface area contributed by atoms with Gasteiger partial charge in [0.25, 0.3) is 0 Å². The monoisotopic (exact) mass is 318 g/mol. The Labute approximate surface area is 144 Å². The predicted octanol–water partition coefficient (Wildman–Crippen LogP) is 5.25. The number of fused-ring (bicyclic) bond motifs is 1. The summed E-state index contributed by atoms with van der Waals surface area (Å²) in [5.41, 5.74) is 5.31. The first kappa shape index (κ1) is 15.5. The maximum atomic E-state index is 3.66. The number of aromatic amines is 1. The van der Waals surface area contributed by atoms with Gasteiger partial charge in [0.05, 0.1) is 0 Å². The van der Waals surface area contributed by atoms with Gasteiger partial charge in [-0.15, -0.1) is 0 Å². The zero-order valence-corrected chi connectivity index (χ0v) is 14.3. The molecule has 0 spiro atoms. The van der Waals surface area contributed by atoms with Crippen LogP contribution in [0.5, 0.6) is 0 Å². The summed E-state index contributed by atoms with van der Waals surface area (Å²) >= 11 is 0. The molecule has 1 aromatic heterocycles. The Hall–Kier alpha value is -2.06. The third kappa shape index (κ3) is 3.25. The molecule has 2 heteroatoms. The molecular formula is C22H26N2. The second kappa shape index (κ2) is 7.23. The van der Waals surface area contributed by atoms with Crippen molar-refractivity contribution in [3.63, 3.8) is 0 Å². The number of likely N-dealkylation sites (tertiary alicyclic amines) is 1. The predicted molar refractivity (Wildman–Crippen MR) is 102 cm³/mol. The molecule has 2 aromatic carbocycles. The SMILES string of the molecule is c1ccc(-c2[nH]c3ccccc3c2CCN2CCCCCC2)cc1. The molecule has 1 fully saturated rings. The van der Waals surface area contributed by atoms with Gasteiger partial charge in [0, 0.05) is 23.1 Å². The van der Waals surface area contributed by atoms with Crippen LogP contribution >= 0.6 is 0 Å². The number of benzene rings is 2. The minimum atomic E-state index is 1.12. The molecule has 124 valence electrons. The summed E-state index contributed by atoms with van der Waals surface area (Å²) in [6, 6.07) is 19.5. The van der Waals surface area contributed by atoms with Crippen molar-refractivity contribution in [2.24, 2.45) is 0 Å². The van der Waals surface area contributed by atoms with Gasteiger partial charge in [-0.05, 0) is 49.5 Å². The van der Waals surface area contributed by atoms with Crippen LogP contribution in [0.3, 0.4) is 0 Å². The van der Waals surface area contributed by atoms with Crippen LogP contribution in [0, 0.1) is 0 Å². The molecule has 0 saturated carbocycles. The van der Waals surface area contributed by atoms with Crippen molar-refractivity contribution in [2.75, 3.05) is 19.6 Å². The van der Waals surface area contributed by atoms with Crippen molar-refractivity contribution < 1.29 is 0 Å². The second-order valence-electron chi connectivity index (χ2n) is 6.90. The van der Waals surface area contributed by atoms with E-state index in [9.17, 15) is 0 Å². The highest BCUT2D eigenvalue weighted by molar-refractivity contribution is 5.90. The maximum Gasteiger partial charge on any atom is 0.0497 e. The van der Waals surface area contributed by atoms with E-state index in [0.717, 1.165) is 6.42 Å². The van der Waals surface area contributed by atoms with Crippen LogP contribution in [-0.2, 0) is 6.42 Å². The smallest absolute Gasteiger partial charge is 0.0497 e. The topological polar surface area (TPSA) is 19.0 Å². The Kier molecular flexibility index (Phi) is 4.66. The zero-order chi connectivity index (χ0) is 16.2. The van der Waals surface area contributed by atoms with Crippen molar-refractivity contribution in [1.29, 1.82) is 0 Å². The van der Waals surface area contributed by atoms with E-state index in [2.05, 4.69) is 64.5 Å². The molecule has 1 aliphatic rings. The lowest BCUT2D eigenvalue weighted by molar-refractivity contribution is 0.289. The van der Waals surface area contributed by atoms with E-state index in [1.165, 1.54) is 73.0 Å². The molecule has 1 saturated heterocycles. The quantitative estimate of drug-likeness (QED) is 0.696. The summed E-state index contributed by atoms with van der Waals surface area (Å²) in [6.45, 7) is 3.70. The van der Waals surface area contributed by atoms with Crippen molar-refractivity contribution >= 4 is 10.9 Å². The largest absolute Gasteiger partial charge is 0.354 e. The van der Waals surface area contributed by atoms with Crippen LogP contribution in [0.4, 0.5) is 0 Å². The minimum absolute atomic E-state index is 1.12. The highest BCUT2D eigenvalue weighted by atomic mass is 15.1. The van der Waals surface area contributed by atoms with Gasteiger partial charge >= 0.3 is 0 Å². The van der Waals surface area contributed by atoms with E-state index in [1.54, 1.807) is 0 Å². The van der Waals surface area contributed by atoms with Crippen LogP contribution in [-0.4, -0.2) is 29.5 Å². The van der Waals surface area contributed by atoms with Crippen LogP contribution < -0.4 is 0 Å². The van der Waals surface area contributed by atoms with E-state index < -0.39 is 0 Å². The number of H-pyrrole nitrogens is 1. The summed E-state index contributed by atoms with van der Waals surface area (Å²) in [5, 5.41) is 1.38. The summed E-state index contributed by atoms with van der Waals surface area (Å²) in [5.74, 6) is 0. The van der Waals surface area contributed by atoms with Crippen molar-refractivity contribution in [1.82, 2.24) is 9.88 Å². The van der Waals surface area contributed by atoms with E-state index in [-0.39, 0.29) is 0 Å². The molecule has 3 aromatic rings. The fraction of sp³-hybridized carbons (Fsp3) is 0.364. The maximum absolute atomic E-state index is 3.66. The Morgan fingerprint density at radius 1 is 0.792 bits per heavy atom. The first-order valence-corrected chi connectivity index (χ1v) is 9.29. The first-order valence-electron chi connectivity index (χ1n) is 9.29. The number of aromatic nitrogens is 1. The lowest BCUT2D eigenvalue weighted by Crippen LogP contribution is -2.27. The molecule has 2 heterocycles. The standard InChI is InChI=1S/C22H26N2/c1-2-9-16-24(15-8-1)17-14-20-19-12-6-7-13-21(19)23-22(20)18-10-4-3-5-11-18/h3-7,10-13,23H,1-2,8-9,14-17H2. The third-order valence-corrected chi connectivity index (χ3v) is 5.25. The normalized spacial score (nSPS) is 16.3. The molecule has 2 nitrogen and oxygen atoms in total. The summed E-state index contributed by atoms with van der Waals surface area (Å²) in [6.07, 6.45) is 6.64. The Balaban J connectivity index is 1.65. The molecule has 4 rings (SSSR count). The van der Waals surface area contributed by atoms with Gasteiger partial charge in [0.2, 0.25) is 0 Å². The Morgan fingerprint density at radius 3 is 2.29 bits per heavy atom. The van der Waals surface area contributed by atoms with E-state index in [1.807, 2.05) is 0 Å².